The van der Waals surface area contributed by atoms with Gasteiger partial charge in [-0.15, -0.1) is 0 Å². The Morgan fingerprint density at radius 1 is 1.62 bits per heavy atom. The second kappa shape index (κ2) is 6.44. The van der Waals surface area contributed by atoms with Crippen LogP contribution in [-0.2, 0) is 9.53 Å². The Morgan fingerprint density at radius 2 is 2.23 bits per heavy atom. The Kier molecular flexibility index (Phi) is 5.90. The molecule has 0 saturated heterocycles. The van der Waals surface area contributed by atoms with E-state index in [4.69, 9.17) is 15.7 Å². The van der Waals surface area contributed by atoms with Gasteiger partial charge >= 0.3 is 5.97 Å². The Balaban J connectivity index is 4.11. The molecule has 0 bridgehead atoms. The van der Waals surface area contributed by atoms with Crippen LogP contribution in [0.3, 0.4) is 0 Å². The zero-order valence-electron chi connectivity index (χ0n) is 8.12. The standard InChI is InChI=1S/C9H16N2O2/c1-3-7(5-6-10)8(11)9(12)13-4-2/h7-8H,3-5,11H2,1-2H3. The summed E-state index contributed by atoms with van der Waals surface area (Å²) < 4.78 is 4.76. The van der Waals surface area contributed by atoms with Crippen molar-refractivity contribution in [3.63, 3.8) is 0 Å². The van der Waals surface area contributed by atoms with Crippen molar-refractivity contribution >= 4 is 5.97 Å². The molecule has 13 heavy (non-hydrogen) atoms. The van der Waals surface area contributed by atoms with Gasteiger partial charge in [-0.2, -0.15) is 5.26 Å². The maximum absolute atomic E-state index is 11.2. The molecular formula is C9H16N2O2. The molecule has 0 aliphatic heterocycles. The first kappa shape index (κ1) is 11.9. The number of nitriles is 1. The molecule has 2 N–H and O–H groups in total. The number of nitrogens with zero attached hydrogens (tertiary/aromatic N) is 1. The van der Waals surface area contributed by atoms with Crippen LogP contribution in [0.1, 0.15) is 26.7 Å². The molecule has 0 fully saturated rings. The zero-order valence-corrected chi connectivity index (χ0v) is 8.12. The summed E-state index contributed by atoms with van der Waals surface area (Å²) in [5, 5.41) is 8.47. The Hall–Kier alpha value is -1.08. The Morgan fingerprint density at radius 3 is 2.62 bits per heavy atom. The van der Waals surface area contributed by atoms with Crippen LogP contribution in [-0.4, -0.2) is 18.6 Å². The molecule has 0 radical (unpaired) electrons. The van der Waals surface area contributed by atoms with Crippen molar-refractivity contribution in [1.82, 2.24) is 0 Å². The van der Waals surface area contributed by atoms with Gasteiger partial charge in [0.1, 0.15) is 6.04 Å². The van der Waals surface area contributed by atoms with Crippen LogP contribution >= 0.6 is 0 Å². The van der Waals surface area contributed by atoms with Crippen molar-refractivity contribution in [2.75, 3.05) is 6.61 Å². The average Bonchev–Trinajstić information content (AvgIpc) is 2.13. The van der Waals surface area contributed by atoms with Gasteiger partial charge in [-0.3, -0.25) is 4.79 Å². The number of ether oxygens (including phenoxy) is 1. The number of rotatable bonds is 5. The quantitative estimate of drug-likeness (QED) is 0.642. The lowest BCUT2D eigenvalue weighted by molar-refractivity contribution is -0.146. The lowest BCUT2D eigenvalue weighted by Crippen LogP contribution is -2.39. The van der Waals surface area contributed by atoms with E-state index in [1.165, 1.54) is 0 Å². The van der Waals surface area contributed by atoms with E-state index >= 15 is 0 Å². The molecule has 0 amide bonds. The monoisotopic (exact) mass is 184 g/mol. The minimum absolute atomic E-state index is 0.0935. The van der Waals surface area contributed by atoms with Gasteiger partial charge in [-0.1, -0.05) is 13.3 Å². The second-order valence-corrected chi connectivity index (χ2v) is 2.81. The summed E-state index contributed by atoms with van der Waals surface area (Å²) in [6.07, 6.45) is 1.02. The van der Waals surface area contributed by atoms with Gasteiger partial charge in [0, 0.05) is 6.42 Å². The van der Waals surface area contributed by atoms with Crippen molar-refractivity contribution in [2.24, 2.45) is 11.7 Å². The molecular weight excluding hydrogens is 168 g/mol. The fourth-order valence-corrected chi connectivity index (χ4v) is 1.07. The van der Waals surface area contributed by atoms with E-state index in [9.17, 15) is 4.79 Å². The van der Waals surface area contributed by atoms with Crippen molar-refractivity contribution in [3.8, 4) is 6.07 Å². The lowest BCUT2D eigenvalue weighted by atomic mass is 9.95. The number of nitrogens with two attached hydrogens (primary N) is 1. The van der Waals surface area contributed by atoms with Crippen molar-refractivity contribution < 1.29 is 9.53 Å². The minimum atomic E-state index is -0.662. The molecule has 0 aromatic rings. The summed E-state index contributed by atoms with van der Waals surface area (Å²) >= 11 is 0. The van der Waals surface area contributed by atoms with Gasteiger partial charge in [-0.25, -0.2) is 0 Å². The number of carbonyl (C=O) groups is 1. The van der Waals surface area contributed by atoms with Crippen LogP contribution in [0.2, 0.25) is 0 Å². The normalized spacial score (nSPS) is 14.3. The lowest BCUT2D eigenvalue weighted by Gasteiger charge is -2.17. The van der Waals surface area contributed by atoms with E-state index in [-0.39, 0.29) is 5.92 Å². The number of esters is 1. The summed E-state index contributed by atoms with van der Waals surface area (Å²) in [6.45, 7) is 3.96. The molecule has 0 heterocycles. The van der Waals surface area contributed by atoms with Gasteiger partial charge in [-0.05, 0) is 12.8 Å². The van der Waals surface area contributed by atoms with Crippen LogP contribution in [0.4, 0.5) is 0 Å². The fraction of sp³-hybridized carbons (Fsp3) is 0.778. The van der Waals surface area contributed by atoms with Gasteiger partial charge < -0.3 is 10.5 Å². The summed E-state index contributed by atoms with van der Waals surface area (Å²) in [5.74, 6) is -0.506. The molecule has 74 valence electrons. The van der Waals surface area contributed by atoms with Crippen LogP contribution in [0, 0.1) is 17.2 Å². The van der Waals surface area contributed by atoms with Crippen LogP contribution in [0.25, 0.3) is 0 Å². The highest BCUT2D eigenvalue weighted by Crippen LogP contribution is 2.12. The van der Waals surface area contributed by atoms with E-state index in [0.717, 1.165) is 0 Å². The molecule has 0 aliphatic rings. The third-order valence-electron chi connectivity index (χ3n) is 1.94. The third kappa shape index (κ3) is 3.90. The van der Waals surface area contributed by atoms with E-state index in [1.54, 1.807) is 6.92 Å². The highest BCUT2D eigenvalue weighted by Gasteiger charge is 2.23. The molecule has 2 atom stereocenters. The Bertz CT molecular complexity index is 198. The SMILES string of the molecule is CCOC(=O)C(N)C(CC)CC#N. The third-order valence-corrected chi connectivity index (χ3v) is 1.94. The zero-order chi connectivity index (χ0) is 10.3. The van der Waals surface area contributed by atoms with Crippen molar-refractivity contribution in [1.29, 1.82) is 5.26 Å². The molecule has 0 aromatic heterocycles. The predicted octanol–water partition coefficient (Wildman–Crippen LogP) is 0.817. The average molecular weight is 184 g/mol. The smallest absolute Gasteiger partial charge is 0.323 e. The maximum atomic E-state index is 11.2. The van der Waals surface area contributed by atoms with Crippen molar-refractivity contribution in [3.05, 3.63) is 0 Å². The summed E-state index contributed by atoms with van der Waals surface area (Å²) in [6, 6.07) is 1.35. The molecule has 0 aliphatic carbocycles. The fourth-order valence-electron chi connectivity index (χ4n) is 1.07. The molecule has 0 rings (SSSR count). The molecule has 2 unspecified atom stereocenters. The number of carbonyl (C=O) groups excluding carboxylic acids is 1. The number of hydrogen-bond acceptors (Lipinski definition) is 4. The Labute approximate surface area is 78.7 Å². The van der Waals surface area contributed by atoms with E-state index in [0.29, 0.717) is 19.4 Å². The predicted molar refractivity (Wildman–Crippen MR) is 48.6 cm³/mol. The van der Waals surface area contributed by atoms with Gasteiger partial charge in [0.15, 0.2) is 0 Å². The molecule has 4 heteroatoms. The van der Waals surface area contributed by atoms with Gasteiger partial charge in [0.2, 0.25) is 0 Å². The van der Waals surface area contributed by atoms with Crippen LogP contribution < -0.4 is 5.73 Å². The molecule has 4 nitrogen and oxygen atoms in total. The molecule has 0 saturated carbocycles. The van der Waals surface area contributed by atoms with Crippen molar-refractivity contribution in [2.45, 2.75) is 32.7 Å². The summed E-state index contributed by atoms with van der Waals surface area (Å²) in [4.78, 5) is 11.2. The highest BCUT2D eigenvalue weighted by atomic mass is 16.5. The van der Waals surface area contributed by atoms with Gasteiger partial charge in [0.25, 0.3) is 0 Å². The molecule has 0 aromatic carbocycles. The first-order valence-corrected chi connectivity index (χ1v) is 4.46. The van der Waals surface area contributed by atoms with Crippen LogP contribution in [0.5, 0.6) is 0 Å². The maximum Gasteiger partial charge on any atom is 0.323 e. The highest BCUT2D eigenvalue weighted by molar-refractivity contribution is 5.75. The summed E-state index contributed by atoms with van der Waals surface area (Å²) in [5.41, 5.74) is 5.62. The van der Waals surface area contributed by atoms with E-state index in [1.807, 2.05) is 13.0 Å². The number of hydrogen-bond donors (Lipinski definition) is 1. The minimum Gasteiger partial charge on any atom is -0.465 e. The molecule has 0 spiro atoms. The first-order chi connectivity index (χ1) is 6.17. The first-order valence-electron chi connectivity index (χ1n) is 4.46. The topological polar surface area (TPSA) is 76.1 Å². The van der Waals surface area contributed by atoms with Gasteiger partial charge in [0.05, 0.1) is 12.7 Å². The summed E-state index contributed by atoms with van der Waals surface area (Å²) in [7, 11) is 0. The van der Waals surface area contributed by atoms with Crippen LogP contribution in [0.15, 0.2) is 0 Å². The largest absolute Gasteiger partial charge is 0.465 e. The van der Waals surface area contributed by atoms with E-state index in [2.05, 4.69) is 0 Å². The second-order valence-electron chi connectivity index (χ2n) is 2.81. The van der Waals surface area contributed by atoms with E-state index < -0.39 is 12.0 Å².